The summed E-state index contributed by atoms with van der Waals surface area (Å²) in [4.78, 5) is 12.6. The second-order valence-corrected chi connectivity index (χ2v) is 6.37. The third-order valence-corrected chi connectivity index (χ3v) is 4.41. The molecule has 0 spiro atoms. The smallest absolute Gasteiger partial charge is 0.251 e. The fraction of sp³-hybridized carbons (Fsp3) is 0.632. The van der Waals surface area contributed by atoms with Crippen molar-refractivity contribution in [2.24, 2.45) is 11.7 Å². The minimum absolute atomic E-state index is 0.0660. The van der Waals surface area contributed by atoms with Gasteiger partial charge in [0.15, 0.2) is 11.5 Å². The number of amides is 1. The number of carbonyl (C=O) groups is 1. The molecule has 134 valence electrons. The Balaban J connectivity index is 2.09. The number of carbonyl (C=O) groups excluding carboxylic acids is 1. The third kappa shape index (κ3) is 4.87. The van der Waals surface area contributed by atoms with E-state index in [1.807, 2.05) is 6.07 Å². The second-order valence-electron chi connectivity index (χ2n) is 6.37. The maximum Gasteiger partial charge on any atom is 0.251 e. The van der Waals surface area contributed by atoms with Crippen LogP contribution in [0.4, 0.5) is 0 Å². The van der Waals surface area contributed by atoms with Gasteiger partial charge in [0.2, 0.25) is 0 Å². The molecule has 3 N–H and O–H groups in total. The number of rotatable bonds is 9. The highest BCUT2D eigenvalue weighted by Crippen LogP contribution is 2.30. The van der Waals surface area contributed by atoms with Crippen molar-refractivity contribution < 1.29 is 14.3 Å². The van der Waals surface area contributed by atoms with Gasteiger partial charge in [0.25, 0.3) is 5.91 Å². The Hall–Kier alpha value is -1.75. The minimum atomic E-state index is -0.0660. The van der Waals surface area contributed by atoms with Crippen molar-refractivity contribution in [3.05, 3.63) is 23.8 Å². The van der Waals surface area contributed by atoms with Crippen molar-refractivity contribution in [1.82, 2.24) is 5.32 Å². The van der Waals surface area contributed by atoms with Crippen LogP contribution in [-0.2, 0) is 0 Å². The van der Waals surface area contributed by atoms with Gasteiger partial charge in [-0.3, -0.25) is 4.79 Å². The Morgan fingerprint density at radius 3 is 2.54 bits per heavy atom. The van der Waals surface area contributed by atoms with E-state index in [0.717, 1.165) is 32.1 Å². The lowest BCUT2D eigenvalue weighted by molar-refractivity contribution is 0.0928. The van der Waals surface area contributed by atoms with Crippen LogP contribution >= 0.6 is 0 Å². The highest BCUT2D eigenvalue weighted by atomic mass is 16.5. The number of hydrogen-bond acceptors (Lipinski definition) is 4. The molecular formula is C19H30N2O3. The topological polar surface area (TPSA) is 73.6 Å². The number of benzene rings is 1. The molecule has 0 aromatic heterocycles. The zero-order chi connectivity index (χ0) is 17.4. The van der Waals surface area contributed by atoms with Gasteiger partial charge in [0.05, 0.1) is 13.2 Å². The normalized spacial score (nSPS) is 20.0. The Morgan fingerprint density at radius 2 is 1.88 bits per heavy atom. The summed E-state index contributed by atoms with van der Waals surface area (Å²) >= 11 is 0. The van der Waals surface area contributed by atoms with E-state index in [9.17, 15) is 4.79 Å². The summed E-state index contributed by atoms with van der Waals surface area (Å²) in [5.41, 5.74) is 6.40. The van der Waals surface area contributed by atoms with Crippen molar-refractivity contribution in [3.63, 3.8) is 0 Å². The molecule has 1 fully saturated rings. The van der Waals surface area contributed by atoms with Crippen molar-refractivity contribution >= 4 is 5.91 Å². The van der Waals surface area contributed by atoms with E-state index < -0.39 is 0 Å². The predicted molar refractivity (Wildman–Crippen MR) is 95.7 cm³/mol. The molecule has 2 unspecified atom stereocenters. The molecule has 1 saturated carbocycles. The first-order valence-electron chi connectivity index (χ1n) is 9.10. The van der Waals surface area contributed by atoms with Crippen LogP contribution in [0.2, 0.25) is 0 Å². The summed E-state index contributed by atoms with van der Waals surface area (Å²) in [6.07, 6.45) is 5.06. The molecule has 1 aliphatic carbocycles. The van der Waals surface area contributed by atoms with Gasteiger partial charge in [0, 0.05) is 11.6 Å². The molecule has 1 aromatic rings. The van der Waals surface area contributed by atoms with Crippen LogP contribution in [0.5, 0.6) is 11.5 Å². The fourth-order valence-electron chi connectivity index (χ4n) is 3.07. The molecule has 0 radical (unpaired) electrons. The average molecular weight is 334 g/mol. The van der Waals surface area contributed by atoms with Crippen molar-refractivity contribution in [3.8, 4) is 11.5 Å². The van der Waals surface area contributed by atoms with Crippen LogP contribution in [0.25, 0.3) is 0 Å². The molecule has 0 heterocycles. The Labute approximate surface area is 144 Å². The SMILES string of the molecule is CCCOc1ccc(C(=O)NC2CCCC2CN)cc1OCCC. The summed E-state index contributed by atoms with van der Waals surface area (Å²) in [6.45, 7) is 5.97. The summed E-state index contributed by atoms with van der Waals surface area (Å²) in [6, 6.07) is 5.58. The summed E-state index contributed by atoms with van der Waals surface area (Å²) in [5.74, 6) is 1.66. The minimum Gasteiger partial charge on any atom is -0.490 e. The first kappa shape index (κ1) is 18.6. The lowest BCUT2D eigenvalue weighted by Crippen LogP contribution is -2.39. The van der Waals surface area contributed by atoms with E-state index in [0.29, 0.717) is 42.7 Å². The molecule has 5 heteroatoms. The fourth-order valence-corrected chi connectivity index (χ4v) is 3.07. The van der Waals surface area contributed by atoms with Gasteiger partial charge in [-0.05, 0) is 56.3 Å². The van der Waals surface area contributed by atoms with Crippen LogP contribution in [0.3, 0.4) is 0 Å². The molecule has 0 aliphatic heterocycles. The molecule has 1 amide bonds. The van der Waals surface area contributed by atoms with Crippen molar-refractivity contribution in [2.75, 3.05) is 19.8 Å². The van der Waals surface area contributed by atoms with Gasteiger partial charge in [-0.2, -0.15) is 0 Å². The third-order valence-electron chi connectivity index (χ3n) is 4.41. The Bertz CT molecular complexity index is 533. The van der Waals surface area contributed by atoms with E-state index >= 15 is 0 Å². The molecular weight excluding hydrogens is 304 g/mol. The lowest BCUT2D eigenvalue weighted by Gasteiger charge is -2.20. The zero-order valence-corrected chi connectivity index (χ0v) is 14.8. The molecule has 1 aromatic carbocycles. The van der Waals surface area contributed by atoms with Crippen LogP contribution in [0, 0.1) is 5.92 Å². The Morgan fingerprint density at radius 1 is 1.17 bits per heavy atom. The van der Waals surface area contributed by atoms with Crippen LogP contribution in [0.1, 0.15) is 56.3 Å². The summed E-state index contributed by atoms with van der Waals surface area (Å²) < 4.78 is 11.5. The summed E-state index contributed by atoms with van der Waals surface area (Å²) in [7, 11) is 0. The van der Waals surface area contributed by atoms with Crippen LogP contribution in [-0.4, -0.2) is 31.7 Å². The number of nitrogens with one attached hydrogen (secondary N) is 1. The van der Waals surface area contributed by atoms with E-state index in [1.54, 1.807) is 12.1 Å². The maximum atomic E-state index is 12.6. The molecule has 5 nitrogen and oxygen atoms in total. The van der Waals surface area contributed by atoms with Gasteiger partial charge in [-0.25, -0.2) is 0 Å². The van der Waals surface area contributed by atoms with E-state index in [2.05, 4.69) is 19.2 Å². The maximum absolute atomic E-state index is 12.6. The van der Waals surface area contributed by atoms with Gasteiger partial charge in [-0.1, -0.05) is 20.3 Å². The van der Waals surface area contributed by atoms with E-state index in [-0.39, 0.29) is 11.9 Å². The molecule has 2 atom stereocenters. The first-order chi connectivity index (χ1) is 11.7. The lowest BCUT2D eigenvalue weighted by atomic mass is 10.0. The van der Waals surface area contributed by atoms with Crippen LogP contribution in [0.15, 0.2) is 18.2 Å². The van der Waals surface area contributed by atoms with Crippen molar-refractivity contribution in [1.29, 1.82) is 0 Å². The summed E-state index contributed by atoms with van der Waals surface area (Å²) in [5, 5.41) is 3.13. The predicted octanol–water partition coefficient (Wildman–Crippen LogP) is 3.12. The first-order valence-corrected chi connectivity index (χ1v) is 9.10. The molecule has 2 rings (SSSR count). The molecule has 24 heavy (non-hydrogen) atoms. The molecule has 1 aliphatic rings. The van der Waals surface area contributed by atoms with Gasteiger partial charge in [-0.15, -0.1) is 0 Å². The number of nitrogens with two attached hydrogens (primary N) is 1. The van der Waals surface area contributed by atoms with E-state index in [1.165, 1.54) is 0 Å². The van der Waals surface area contributed by atoms with Gasteiger partial charge >= 0.3 is 0 Å². The second kappa shape index (κ2) is 9.52. The highest BCUT2D eigenvalue weighted by Gasteiger charge is 2.27. The largest absolute Gasteiger partial charge is 0.490 e. The average Bonchev–Trinajstić information content (AvgIpc) is 3.05. The highest BCUT2D eigenvalue weighted by molar-refractivity contribution is 5.95. The number of hydrogen-bond donors (Lipinski definition) is 2. The van der Waals surface area contributed by atoms with E-state index in [4.69, 9.17) is 15.2 Å². The molecule has 0 bridgehead atoms. The zero-order valence-electron chi connectivity index (χ0n) is 14.8. The number of ether oxygens (including phenoxy) is 2. The quantitative estimate of drug-likeness (QED) is 0.728. The monoisotopic (exact) mass is 334 g/mol. The van der Waals surface area contributed by atoms with Gasteiger partial charge in [0.1, 0.15) is 0 Å². The van der Waals surface area contributed by atoms with Gasteiger partial charge < -0.3 is 20.5 Å². The van der Waals surface area contributed by atoms with Crippen LogP contribution < -0.4 is 20.5 Å². The standard InChI is InChI=1S/C19H30N2O3/c1-3-10-23-17-9-8-14(12-18(17)24-11-4-2)19(22)21-16-7-5-6-15(16)13-20/h8-9,12,15-16H,3-7,10-11,13,20H2,1-2H3,(H,21,22). The van der Waals surface area contributed by atoms with Crippen molar-refractivity contribution in [2.45, 2.75) is 52.0 Å². The Kier molecular flexibility index (Phi) is 7.37. The molecule has 0 saturated heterocycles.